The highest BCUT2D eigenvalue weighted by Gasteiger charge is 2.56. The summed E-state index contributed by atoms with van der Waals surface area (Å²) in [7, 11) is 1.64. The molecule has 3 rings (SSSR count). The summed E-state index contributed by atoms with van der Waals surface area (Å²) in [4.78, 5) is 16.4. The number of benzene rings is 1. The van der Waals surface area contributed by atoms with Crippen LogP contribution in [0.1, 0.15) is 27.2 Å². The van der Waals surface area contributed by atoms with Crippen LogP contribution in [0.2, 0.25) is 0 Å². The molecule has 126 valence electrons. The highest BCUT2D eigenvalue weighted by molar-refractivity contribution is 5.73. The normalized spacial score (nSPS) is 19.1. The molecule has 23 heavy (non-hydrogen) atoms. The molecule has 2 aliphatic heterocycles. The van der Waals surface area contributed by atoms with E-state index in [0.717, 1.165) is 37.5 Å². The summed E-state index contributed by atoms with van der Waals surface area (Å²) in [6, 6.07) is 5.67. The van der Waals surface area contributed by atoms with Gasteiger partial charge in [0.1, 0.15) is 11.4 Å². The van der Waals surface area contributed by atoms with E-state index in [4.69, 9.17) is 15.2 Å². The van der Waals surface area contributed by atoms with Crippen LogP contribution in [-0.2, 0) is 4.74 Å². The number of likely N-dealkylation sites (tertiary alicyclic amines) is 1. The standard InChI is InChI=1S/C17H25N3O3/c1-16(2,3)23-15(21)20-8-7-17(20)10-19(11-17)13-6-5-12(18)9-14(13)22-4/h5-6,9H,7-8,10-11,18H2,1-4H3. The number of hydrogen-bond donors (Lipinski definition) is 1. The fraction of sp³-hybridized carbons (Fsp3) is 0.588. The third kappa shape index (κ3) is 2.78. The lowest BCUT2D eigenvalue weighted by molar-refractivity contribution is -0.0561. The maximum atomic E-state index is 12.3. The van der Waals surface area contributed by atoms with E-state index >= 15 is 0 Å². The van der Waals surface area contributed by atoms with Crippen molar-refractivity contribution < 1.29 is 14.3 Å². The van der Waals surface area contributed by atoms with Gasteiger partial charge in [0, 0.05) is 31.4 Å². The topological polar surface area (TPSA) is 68.0 Å². The predicted octanol–water partition coefficient (Wildman–Crippen LogP) is 2.48. The van der Waals surface area contributed by atoms with Crippen LogP contribution in [0.5, 0.6) is 5.75 Å². The Kier molecular flexibility index (Phi) is 3.58. The van der Waals surface area contributed by atoms with Gasteiger partial charge in [0.2, 0.25) is 0 Å². The van der Waals surface area contributed by atoms with E-state index in [1.807, 2.05) is 43.9 Å². The van der Waals surface area contributed by atoms with E-state index in [1.54, 1.807) is 7.11 Å². The van der Waals surface area contributed by atoms with Crippen LogP contribution in [0.3, 0.4) is 0 Å². The van der Waals surface area contributed by atoms with Gasteiger partial charge in [-0.1, -0.05) is 0 Å². The Morgan fingerprint density at radius 1 is 1.30 bits per heavy atom. The first kappa shape index (κ1) is 15.8. The molecule has 1 aromatic carbocycles. The first-order chi connectivity index (χ1) is 10.7. The Bertz CT molecular complexity index is 618. The van der Waals surface area contributed by atoms with Crippen molar-refractivity contribution >= 4 is 17.5 Å². The van der Waals surface area contributed by atoms with Gasteiger partial charge in [-0.05, 0) is 39.3 Å². The van der Waals surface area contributed by atoms with E-state index < -0.39 is 5.60 Å². The SMILES string of the molecule is COc1cc(N)ccc1N1CC2(CCN2C(=O)OC(C)(C)C)C1. The zero-order chi connectivity index (χ0) is 16.8. The van der Waals surface area contributed by atoms with Crippen LogP contribution < -0.4 is 15.4 Å². The third-order valence-corrected chi connectivity index (χ3v) is 4.50. The molecular weight excluding hydrogens is 294 g/mol. The van der Waals surface area contributed by atoms with E-state index in [2.05, 4.69) is 4.90 Å². The van der Waals surface area contributed by atoms with E-state index in [9.17, 15) is 4.79 Å². The molecule has 2 fully saturated rings. The van der Waals surface area contributed by atoms with Gasteiger partial charge in [-0.25, -0.2) is 4.79 Å². The minimum absolute atomic E-state index is 0.0886. The summed E-state index contributed by atoms with van der Waals surface area (Å²) < 4.78 is 10.9. The maximum absolute atomic E-state index is 12.3. The van der Waals surface area contributed by atoms with Crippen molar-refractivity contribution in [1.29, 1.82) is 0 Å². The molecule has 2 N–H and O–H groups in total. The number of carbonyl (C=O) groups excluding carboxylic acids is 1. The molecule has 0 atom stereocenters. The first-order valence-electron chi connectivity index (χ1n) is 7.93. The number of rotatable bonds is 2. The van der Waals surface area contributed by atoms with E-state index in [0.29, 0.717) is 5.69 Å². The molecule has 0 unspecified atom stereocenters. The number of nitrogen functional groups attached to an aromatic ring is 1. The van der Waals surface area contributed by atoms with Crippen molar-refractivity contribution in [2.24, 2.45) is 0 Å². The molecule has 6 nitrogen and oxygen atoms in total. The summed E-state index contributed by atoms with van der Waals surface area (Å²) >= 11 is 0. The lowest BCUT2D eigenvalue weighted by Gasteiger charge is -2.62. The molecule has 2 saturated heterocycles. The fourth-order valence-corrected chi connectivity index (χ4v) is 3.26. The molecule has 6 heteroatoms. The van der Waals surface area contributed by atoms with E-state index in [1.165, 1.54) is 0 Å². The lowest BCUT2D eigenvalue weighted by Crippen LogP contribution is -2.78. The highest BCUT2D eigenvalue weighted by Crippen LogP contribution is 2.44. The van der Waals surface area contributed by atoms with Crippen molar-refractivity contribution in [2.45, 2.75) is 38.3 Å². The molecule has 0 bridgehead atoms. The molecule has 2 aliphatic rings. The van der Waals surface area contributed by atoms with Gasteiger partial charge in [0.05, 0.1) is 18.3 Å². The van der Waals surface area contributed by atoms with Crippen molar-refractivity contribution in [2.75, 3.05) is 37.4 Å². The quantitative estimate of drug-likeness (QED) is 0.848. The summed E-state index contributed by atoms with van der Waals surface area (Å²) in [5.41, 5.74) is 6.95. The fourth-order valence-electron chi connectivity index (χ4n) is 3.26. The Labute approximate surface area is 137 Å². The van der Waals surface area contributed by atoms with Gasteiger partial charge in [0.15, 0.2) is 0 Å². The average Bonchev–Trinajstić information content (AvgIpc) is 2.35. The largest absolute Gasteiger partial charge is 0.495 e. The predicted molar refractivity (Wildman–Crippen MR) is 89.9 cm³/mol. The number of hydrogen-bond acceptors (Lipinski definition) is 5. The summed E-state index contributed by atoms with van der Waals surface area (Å²) in [5, 5.41) is 0. The number of nitrogens with two attached hydrogens (primary N) is 1. The monoisotopic (exact) mass is 319 g/mol. The first-order valence-corrected chi connectivity index (χ1v) is 7.93. The summed E-state index contributed by atoms with van der Waals surface area (Å²) in [6.07, 6.45) is 0.799. The Morgan fingerprint density at radius 2 is 2.00 bits per heavy atom. The van der Waals surface area contributed by atoms with Crippen LogP contribution >= 0.6 is 0 Å². The minimum Gasteiger partial charge on any atom is -0.495 e. The van der Waals surface area contributed by atoms with Crippen molar-refractivity contribution in [3.05, 3.63) is 18.2 Å². The second kappa shape index (κ2) is 5.22. The molecule has 1 amide bonds. The maximum Gasteiger partial charge on any atom is 0.410 e. The van der Waals surface area contributed by atoms with Gasteiger partial charge in [-0.15, -0.1) is 0 Å². The number of ether oxygens (including phenoxy) is 2. The molecule has 0 saturated carbocycles. The van der Waals surface area contributed by atoms with E-state index in [-0.39, 0.29) is 11.6 Å². The van der Waals surface area contributed by atoms with Crippen LogP contribution in [0.15, 0.2) is 18.2 Å². The Hall–Kier alpha value is -2.11. The molecule has 1 aromatic rings. The number of nitrogens with zero attached hydrogens (tertiary/aromatic N) is 2. The van der Waals surface area contributed by atoms with Crippen molar-refractivity contribution in [3.8, 4) is 5.75 Å². The second-order valence-corrected chi connectivity index (χ2v) is 7.39. The van der Waals surface area contributed by atoms with Gasteiger partial charge in [-0.2, -0.15) is 0 Å². The lowest BCUT2D eigenvalue weighted by atomic mass is 9.77. The van der Waals surface area contributed by atoms with Gasteiger partial charge in [0.25, 0.3) is 0 Å². The van der Waals surface area contributed by atoms with Crippen LogP contribution in [0.25, 0.3) is 0 Å². The molecule has 0 aromatic heterocycles. The molecule has 0 radical (unpaired) electrons. The van der Waals surface area contributed by atoms with Crippen molar-refractivity contribution in [1.82, 2.24) is 4.90 Å². The number of amides is 1. The molecular formula is C17H25N3O3. The Morgan fingerprint density at radius 3 is 2.52 bits per heavy atom. The summed E-state index contributed by atoms with van der Waals surface area (Å²) in [6.45, 7) is 8.04. The minimum atomic E-state index is -0.461. The zero-order valence-corrected chi connectivity index (χ0v) is 14.3. The van der Waals surface area contributed by atoms with Crippen molar-refractivity contribution in [3.63, 3.8) is 0 Å². The zero-order valence-electron chi connectivity index (χ0n) is 14.3. The number of anilines is 2. The number of methoxy groups -OCH3 is 1. The smallest absolute Gasteiger partial charge is 0.410 e. The molecule has 1 spiro atoms. The second-order valence-electron chi connectivity index (χ2n) is 7.39. The molecule has 0 aliphatic carbocycles. The Balaban J connectivity index is 1.68. The van der Waals surface area contributed by atoms with Crippen LogP contribution in [0, 0.1) is 0 Å². The molecule has 2 heterocycles. The summed E-state index contributed by atoms with van der Waals surface area (Å²) in [5.74, 6) is 0.767. The highest BCUT2D eigenvalue weighted by atomic mass is 16.6. The van der Waals surface area contributed by atoms with Gasteiger partial charge < -0.3 is 20.1 Å². The average molecular weight is 319 g/mol. The van der Waals surface area contributed by atoms with Crippen LogP contribution in [0.4, 0.5) is 16.2 Å². The third-order valence-electron chi connectivity index (χ3n) is 4.50. The van der Waals surface area contributed by atoms with Crippen LogP contribution in [-0.4, -0.2) is 48.9 Å². The number of carbonyl (C=O) groups is 1. The van der Waals surface area contributed by atoms with Gasteiger partial charge >= 0.3 is 6.09 Å². The van der Waals surface area contributed by atoms with Gasteiger partial charge in [-0.3, -0.25) is 4.90 Å².